The molecule has 1 aromatic heterocycles. The Balaban J connectivity index is 2.50. The Morgan fingerprint density at radius 2 is 2.00 bits per heavy atom. The van der Waals surface area contributed by atoms with E-state index in [0.29, 0.717) is 12.1 Å². The van der Waals surface area contributed by atoms with Crippen molar-refractivity contribution < 1.29 is 18.1 Å². The number of anilines is 3. The van der Waals surface area contributed by atoms with Crippen molar-refractivity contribution in [1.29, 1.82) is 0 Å². The van der Waals surface area contributed by atoms with Crippen LogP contribution in [-0.4, -0.2) is 14.9 Å². The molecule has 1 heterocycles. The Morgan fingerprint density at radius 1 is 1.30 bits per heavy atom. The lowest BCUT2D eigenvalue weighted by Crippen LogP contribution is -2.06. The zero-order valence-electron chi connectivity index (χ0n) is 9.60. The van der Waals surface area contributed by atoms with Crippen LogP contribution in [0.1, 0.15) is 0 Å². The third-order valence-corrected chi connectivity index (χ3v) is 2.23. The lowest BCUT2D eigenvalue weighted by Gasteiger charge is -2.08. The SMILES string of the molecule is Nc1ncc([N+](=O)[O-])c(Nc2cc(F)cc(F)c2F)n1. The number of nitrogen functional groups attached to an aromatic ring is 1. The van der Waals surface area contributed by atoms with Crippen molar-refractivity contribution in [2.24, 2.45) is 0 Å². The summed E-state index contributed by atoms with van der Waals surface area (Å²) >= 11 is 0. The fraction of sp³-hybridized carbons (Fsp3) is 0. The monoisotopic (exact) mass is 285 g/mol. The van der Waals surface area contributed by atoms with E-state index in [4.69, 9.17) is 5.73 Å². The maximum absolute atomic E-state index is 13.5. The summed E-state index contributed by atoms with van der Waals surface area (Å²) in [6, 6.07) is 0.962. The minimum Gasteiger partial charge on any atom is -0.368 e. The Bertz CT molecular complexity index is 695. The molecule has 0 saturated carbocycles. The zero-order valence-corrected chi connectivity index (χ0v) is 9.60. The first kappa shape index (κ1) is 13.5. The molecule has 7 nitrogen and oxygen atoms in total. The van der Waals surface area contributed by atoms with Gasteiger partial charge < -0.3 is 11.1 Å². The van der Waals surface area contributed by atoms with Crippen LogP contribution in [0, 0.1) is 27.6 Å². The summed E-state index contributed by atoms with van der Waals surface area (Å²) in [7, 11) is 0. The summed E-state index contributed by atoms with van der Waals surface area (Å²) < 4.78 is 39.5. The molecule has 104 valence electrons. The number of nitrogens with zero attached hydrogens (tertiary/aromatic N) is 3. The minimum absolute atomic E-state index is 0.324. The van der Waals surface area contributed by atoms with Gasteiger partial charge in [0, 0.05) is 12.1 Å². The number of nitrogens with two attached hydrogens (primary N) is 1. The maximum Gasteiger partial charge on any atom is 0.329 e. The van der Waals surface area contributed by atoms with Crippen LogP contribution >= 0.6 is 0 Å². The van der Waals surface area contributed by atoms with Gasteiger partial charge in [-0.25, -0.2) is 18.2 Å². The zero-order chi connectivity index (χ0) is 14.9. The van der Waals surface area contributed by atoms with E-state index in [9.17, 15) is 23.3 Å². The largest absolute Gasteiger partial charge is 0.368 e. The van der Waals surface area contributed by atoms with Crippen LogP contribution in [0.25, 0.3) is 0 Å². The average molecular weight is 285 g/mol. The molecule has 10 heteroatoms. The number of rotatable bonds is 3. The molecule has 0 atom stereocenters. The van der Waals surface area contributed by atoms with E-state index >= 15 is 0 Å². The van der Waals surface area contributed by atoms with Crippen molar-refractivity contribution in [2.45, 2.75) is 0 Å². The van der Waals surface area contributed by atoms with E-state index in [1.807, 2.05) is 0 Å². The van der Waals surface area contributed by atoms with Gasteiger partial charge in [-0.05, 0) is 0 Å². The van der Waals surface area contributed by atoms with Crippen LogP contribution < -0.4 is 11.1 Å². The van der Waals surface area contributed by atoms with Crippen molar-refractivity contribution in [2.75, 3.05) is 11.1 Å². The van der Waals surface area contributed by atoms with E-state index in [0.717, 1.165) is 6.20 Å². The first-order valence-corrected chi connectivity index (χ1v) is 5.07. The summed E-state index contributed by atoms with van der Waals surface area (Å²) in [5, 5.41) is 12.9. The predicted molar refractivity (Wildman–Crippen MR) is 62.7 cm³/mol. The standard InChI is InChI=1S/C10H6F3N5O2/c11-4-1-5(12)8(13)6(2-4)16-9-7(18(19)20)3-15-10(14)17-9/h1-3H,(H3,14,15,16,17). The van der Waals surface area contributed by atoms with Crippen molar-refractivity contribution >= 4 is 23.1 Å². The fourth-order valence-corrected chi connectivity index (χ4v) is 1.39. The molecule has 20 heavy (non-hydrogen) atoms. The van der Waals surface area contributed by atoms with Gasteiger partial charge in [0.25, 0.3) is 0 Å². The number of aromatic nitrogens is 2. The molecule has 0 fully saturated rings. The normalized spacial score (nSPS) is 10.3. The van der Waals surface area contributed by atoms with Crippen molar-refractivity contribution in [3.05, 3.63) is 45.9 Å². The summed E-state index contributed by atoms with van der Waals surface area (Å²) in [5.74, 6) is -4.71. The topological polar surface area (TPSA) is 107 Å². The highest BCUT2D eigenvalue weighted by Gasteiger charge is 2.19. The Labute approximate surface area is 109 Å². The maximum atomic E-state index is 13.5. The Hall–Kier alpha value is -2.91. The predicted octanol–water partition coefficient (Wildman–Crippen LogP) is 2.13. The number of nitro groups is 1. The second kappa shape index (κ2) is 4.99. The number of halogens is 3. The van der Waals surface area contributed by atoms with Gasteiger partial charge in [-0.3, -0.25) is 10.1 Å². The van der Waals surface area contributed by atoms with Crippen LogP contribution in [0.3, 0.4) is 0 Å². The molecule has 0 bridgehead atoms. The molecule has 0 unspecified atom stereocenters. The third-order valence-electron chi connectivity index (χ3n) is 2.23. The van der Waals surface area contributed by atoms with Crippen molar-refractivity contribution in [1.82, 2.24) is 9.97 Å². The van der Waals surface area contributed by atoms with Gasteiger partial charge in [-0.15, -0.1) is 0 Å². The molecule has 1 aromatic carbocycles. The average Bonchev–Trinajstić information content (AvgIpc) is 2.35. The Morgan fingerprint density at radius 3 is 2.65 bits per heavy atom. The van der Waals surface area contributed by atoms with Gasteiger partial charge in [0.15, 0.2) is 11.6 Å². The molecule has 2 rings (SSSR count). The quantitative estimate of drug-likeness (QED) is 0.508. The van der Waals surface area contributed by atoms with E-state index < -0.39 is 39.6 Å². The molecule has 0 aliphatic heterocycles. The molecule has 3 N–H and O–H groups in total. The van der Waals surface area contributed by atoms with Gasteiger partial charge in [-0.1, -0.05) is 0 Å². The van der Waals surface area contributed by atoms with Gasteiger partial charge in [-0.2, -0.15) is 4.98 Å². The van der Waals surface area contributed by atoms with E-state index in [1.54, 1.807) is 0 Å². The molecule has 0 aliphatic carbocycles. The molecule has 0 amide bonds. The van der Waals surface area contributed by atoms with E-state index in [2.05, 4.69) is 15.3 Å². The van der Waals surface area contributed by atoms with Crippen molar-refractivity contribution in [3.8, 4) is 0 Å². The minimum atomic E-state index is -1.45. The lowest BCUT2D eigenvalue weighted by atomic mass is 10.2. The van der Waals surface area contributed by atoms with Crippen molar-refractivity contribution in [3.63, 3.8) is 0 Å². The summed E-state index contributed by atoms with van der Waals surface area (Å²) in [4.78, 5) is 16.8. The summed E-state index contributed by atoms with van der Waals surface area (Å²) in [5.41, 5.74) is 3.98. The second-order valence-corrected chi connectivity index (χ2v) is 3.59. The molecule has 0 spiro atoms. The van der Waals surface area contributed by atoms with Crippen LogP contribution in [0.5, 0.6) is 0 Å². The highest BCUT2D eigenvalue weighted by molar-refractivity contribution is 5.66. The van der Waals surface area contributed by atoms with Gasteiger partial charge in [0.05, 0.1) is 10.6 Å². The number of nitrogens with one attached hydrogen (secondary N) is 1. The molecule has 0 aliphatic rings. The van der Waals surface area contributed by atoms with E-state index in [1.165, 1.54) is 0 Å². The lowest BCUT2D eigenvalue weighted by molar-refractivity contribution is -0.384. The van der Waals surface area contributed by atoms with E-state index in [-0.39, 0.29) is 5.95 Å². The van der Waals surface area contributed by atoms with Crippen LogP contribution in [0.2, 0.25) is 0 Å². The van der Waals surface area contributed by atoms with Gasteiger partial charge in [0.1, 0.15) is 12.0 Å². The third kappa shape index (κ3) is 2.58. The first-order chi connectivity index (χ1) is 9.38. The summed E-state index contributed by atoms with van der Waals surface area (Å²) in [6.45, 7) is 0. The van der Waals surface area contributed by atoms with Gasteiger partial charge in [0.2, 0.25) is 11.8 Å². The van der Waals surface area contributed by atoms with Crippen LogP contribution in [-0.2, 0) is 0 Å². The first-order valence-electron chi connectivity index (χ1n) is 5.07. The molecule has 2 aromatic rings. The highest BCUT2D eigenvalue weighted by Crippen LogP contribution is 2.28. The fourth-order valence-electron chi connectivity index (χ4n) is 1.39. The summed E-state index contributed by atoms with van der Waals surface area (Å²) in [6.07, 6.45) is 0.790. The van der Waals surface area contributed by atoms with Crippen LogP contribution in [0.4, 0.5) is 36.3 Å². The molecule has 0 saturated heterocycles. The molecule has 0 radical (unpaired) electrons. The smallest absolute Gasteiger partial charge is 0.329 e. The highest BCUT2D eigenvalue weighted by atomic mass is 19.2. The molecular weight excluding hydrogens is 279 g/mol. The second-order valence-electron chi connectivity index (χ2n) is 3.59. The Kier molecular flexibility index (Phi) is 3.37. The molecular formula is C10H6F3N5O2. The van der Waals surface area contributed by atoms with Gasteiger partial charge >= 0.3 is 5.69 Å². The van der Waals surface area contributed by atoms with Crippen LogP contribution in [0.15, 0.2) is 18.3 Å². The number of hydrogen-bond donors (Lipinski definition) is 2. The number of hydrogen-bond acceptors (Lipinski definition) is 6. The number of benzene rings is 1.